The summed E-state index contributed by atoms with van der Waals surface area (Å²) in [5.41, 5.74) is 0. The number of methoxy groups -OCH3 is 1. The van der Waals surface area contributed by atoms with Gasteiger partial charge in [0.15, 0.2) is 0 Å². The molecule has 0 aliphatic carbocycles. The Morgan fingerprint density at radius 3 is 2.74 bits per heavy atom. The number of hydrogen-bond acceptors (Lipinski definition) is 3. The Hall–Kier alpha value is -1.30. The molecular weight excluding hydrogens is 248 g/mol. The molecule has 1 saturated heterocycles. The Bertz CT molecular complexity index is 322. The highest BCUT2D eigenvalue weighted by molar-refractivity contribution is 5.75. The van der Waals surface area contributed by atoms with E-state index in [0.717, 1.165) is 12.8 Å². The summed E-state index contributed by atoms with van der Waals surface area (Å²) in [4.78, 5) is 24.4. The average molecular weight is 272 g/mol. The molecule has 3 atom stereocenters. The summed E-state index contributed by atoms with van der Waals surface area (Å²) >= 11 is 0. The third-order valence-corrected chi connectivity index (χ3v) is 3.58. The third-order valence-electron chi connectivity index (χ3n) is 3.58. The maximum atomic E-state index is 12.1. The summed E-state index contributed by atoms with van der Waals surface area (Å²) in [7, 11) is 1.70. The van der Waals surface area contributed by atoms with Gasteiger partial charge < -0.3 is 20.1 Å². The second-order valence-corrected chi connectivity index (χ2v) is 5.21. The summed E-state index contributed by atoms with van der Waals surface area (Å²) < 4.78 is 5.31. The van der Waals surface area contributed by atoms with Crippen molar-refractivity contribution in [3.8, 4) is 0 Å². The van der Waals surface area contributed by atoms with Crippen molar-refractivity contribution in [2.75, 3.05) is 13.7 Å². The molecule has 1 rings (SSSR count). The van der Waals surface area contributed by atoms with Crippen molar-refractivity contribution in [3.05, 3.63) is 0 Å². The van der Waals surface area contributed by atoms with Crippen LogP contribution in [-0.4, -0.2) is 53.8 Å². The fraction of sp³-hybridized carbons (Fsp3) is 0.846. The third kappa shape index (κ3) is 5.06. The van der Waals surface area contributed by atoms with E-state index in [4.69, 9.17) is 9.84 Å². The largest absolute Gasteiger partial charge is 0.481 e. The first-order valence-electron chi connectivity index (χ1n) is 6.75. The molecule has 0 radical (unpaired) electrons. The maximum absolute atomic E-state index is 12.1. The minimum Gasteiger partial charge on any atom is -0.481 e. The van der Waals surface area contributed by atoms with Gasteiger partial charge in [-0.25, -0.2) is 4.79 Å². The standard InChI is InChI=1S/C13H24N2O4/c1-9(4-5-12(16)17)14-13(18)15-7-6-11(19-3)8-10(15)2/h9-11H,4-8H2,1-3H3,(H,14,18)(H,16,17). The zero-order chi connectivity index (χ0) is 14.4. The summed E-state index contributed by atoms with van der Waals surface area (Å²) in [6.45, 7) is 4.51. The number of likely N-dealkylation sites (tertiary alicyclic amines) is 1. The Kier molecular flexibility index (Phi) is 6.08. The molecule has 1 heterocycles. The van der Waals surface area contributed by atoms with E-state index in [1.165, 1.54) is 0 Å². The van der Waals surface area contributed by atoms with Crippen LogP contribution in [0.3, 0.4) is 0 Å². The van der Waals surface area contributed by atoms with Crippen LogP contribution in [0, 0.1) is 0 Å². The van der Waals surface area contributed by atoms with E-state index in [-0.39, 0.29) is 30.6 Å². The number of piperidine rings is 1. The van der Waals surface area contributed by atoms with Crippen molar-refractivity contribution in [2.24, 2.45) is 0 Å². The van der Waals surface area contributed by atoms with Gasteiger partial charge in [0.1, 0.15) is 0 Å². The molecule has 0 saturated carbocycles. The summed E-state index contributed by atoms with van der Waals surface area (Å²) in [6.07, 6.45) is 2.43. The van der Waals surface area contributed by atoms with Gasteiger partial charge in [-0.15, -0.1) is 0 Å². The van der Waals surface area contributed by atoms with Gasteiger partial charge in [0, 0.05) is 32.2 Å². The van der Waals surface area contributed by atoms with Crippen molar-refractivity contribution >= 4 is 12.0 Å². The lowest BCUT2D eigenvalue weighted by Crippen LogP contribution is -2.52. The Labute approximate surface area is 114 Å². The number of nitrogens with zero attached hydrogens (tertiary/aromatic N) is 1. The fourth-order valence-electron chi connectivity index (χ4n) is 2.35. The van der Waals surface area contributed by atoms with Gasteiger partial charge in [0.2, 0.25) is 0 Å². The van der Waals surface area contributed by atoms with Crippen molar-refractivity contribution in [2.45, 2.75) is 57.7 Å². The molecule has 1 aliphatic heterocycles. The van der Waals surface area contributed by atoms with Gasteiger partial charge in [-0.3, -0.25) is 4.79 Å². The van der Waals surface area contributed by atoms with E-state index in [1.807, 2.05) is 13.8 Å². The Balaban J connectivity index is 2.38. The number of nitrogens with one attached hydrogen (secondary N) is 1. The molecule has 2 N–H and O–H groups in total. The highest BCUT2D eigenvalue weighted by Crippen LogP contribution is 2.19. The summed E-state index contributed by atoms with van der Waals surface area (Å²) in [5, 5.41) is 11.5. The number of aliphatic carboxylic acids is 1. The molecule has 110 valence electrons. The predicted molar refractivity (Wildman–Crippen MR) is 71.1 cm³/mol. The Morgan fingerprint density at radius 1 is 1.53 bits per heavy atom. The number of carbonyl (C=O) groups excluding carboxylic acids is 1. The number of carbonyl (C=O) groups is 2. The molecular formula is C13H24N2O4. The van der Waals surface area contributed by atoms with Gasteiger partial charge in [0.25, 0.3) is 0 Å². The fourth-order valence-corrected chi connectivity index (χ4v) is 2.35. The molecule has 3 unspecified atom stereocenters. The summed E-state index contributed by atoms with van der Waals surface area (Å²) in [6, 6.07) is -0.0961. The van der Waals surface area contributed by atoms with Gasteiger partial charge in [-0.05, 0) is 33.1 Å². The molecule has 0 spiro atoms. The number of ether oxygens (including phenoxy) is 1. The van der Waals surface area contributed by atoms with E-state index in [0.29, 0.717) is 13.0 Å². The molecule has 0 bridgehead atoms. The maximum Gasteiger partial charge on any atom is 0.317 e. The first kappa shape index (κ1) is 15.8. The molecule has 1 aliphatic rings. The van der Waals surface area contributed by atoms with Crippen molar-refractivity contribution in [3.63, 3.8) is 0 Å². The monoisotopic (exact) mass is 272 g/mol. The lowest BCUT2D eigenvalue weighted by atomic mass is 10.0. The zero-order valence-electron chi connectivity index (χ0n) is 11.9. The first-order chi connectivity index (χ1) is 8.93. The van der Waals surface area contributed by atoms with Gasteiger partial charge >= 0.3 is 12.0 Å². The highest BCUT2D eigenvalue weighted by Gasteiger charge is 2.29. The second-order valence-electron chi connectivity index (χ2n) is 5.21. The van der Waals surface area contributed by atoms with Crippen LogP contribution in [-0.2, 0) is 9.53 Å². The van der Waals surface area contributed by atoms with Crippen LogP contribution >= 0.6 is 0 Å². The number of hydrogen-bond donors (Lipinski definition) is 2. The molecule has 1 fully saturated rings. The van der Waals surface area contributed by atoms with Crippen LogP contribution in [0.4, 0.5) is 4.79 Å². The predicted octanol–water partition coefficient (Wildman–Crippen LogP) is 1.45. The molecule has 6 heteroatoms. The van der Waals surface area contributed by atoms with Crippen molar-refractivity contribution in [1.29, 1.82) is 0 Å². The minimum atomic E-state index is -0.838. The summed E-state index contributed by atoms with van der Waals surface area (Å²) in [5.74, 6) is -0.838. The van der Waals surface area contributed by atoms with Crippen LogP contribution in [0.5, 0.6) is 0 Å². The lowest BCUT2D eigenvalue weighted by Gasteiger charge is -2.37. The normalized spacial score (nSPS) is 24.9. The minimum absolute atomic E-state index is 0.0722. The number of carboxylic acid groups (broad SMARTS) is 1. The number of urea groups is 1. The average Bonchev–Trinajstić information content (AvgIpc) is 2.35. The topological polar surface area (TPSA) is 78.9 Å². The van der Waals surface area contributed by atoms with Gasteiger partial charge in [-0.1, -0.05) is 0 Å². The van der Waals surface area contributed by atoms with E-state index in [1.54, 1.807) is 12.0 Å². The number of amides is 2. The van der Waals surface area contributed by atoms with Gasteiger partial charge in [-0.2, -0.15) is 0 Å². The lowest BCUT2D eigenvalue weighted by molar-refractivity contribution is -0.137. The molecule has 0 aromatic carbocycles. The quantitative estimate of drug-likeness (QED) is 0.794. The van der Waals surface area contributed by atoms with Crippen molar-refractivity contribution < 1.29 is 19.4 Å². The van der Waals surface area contributed by atoms with E-state index in [2.05, 4.69) is 5.32 Å². The van der Waals surface area contributed by atoms with Crippen molar-refractivity contribution in [1.82, 2.24) is 10.2 Å². The van der Waals surface area contributed by atoms with Crippen LogP contribution in [0.2, 0.25) is 0 Å². The van der Waals surface area contributed by atoms with Crippen LogP contribution in [0.25, 0.3) is 0 Å². The highest BCUT2D eigenvalue weighted by atomic mass is 16.5. The molecule has 0 aromatic heterocycles. The smallest absolute Gasteiger partial charge is 0.317 e. The number of carboxylic acids is 1. The molecule has 19 heavy (non-hydrogen) atoms. The number of rotatable bonds is 5. The molecule has 0 aromatic rings. The molecule has 2 amide bonds. The SMILES string of the molecule is COC1CCN(C(=O)NC(C)CCC(=O)O)C(C)C1. The van der Waals surface area contributed by atoms with Crippen LogP contribution in [0.15, 0.2) is 0 Å². The van der Waals surface area contributed by atoms with E-state index < -0.39 is 5.97 Å². The van der Waals surface area contributed by atoms with E-state index >= 15 is 0 Å². The second kappa shape index (κ2) is 7.33. The van der Waals surface area contributed by atoms with Crippen LogP contribution < -0.4 is 5.32 Å². The zero-order valence-corrected chi connectivity index (χ0v) is 11.9. The van der Waals surface area contributed by atoms with Crippen LogP contribution in [0.1, 0.15) is 39.5 Å². The van der Waals surface area contributed by atoms with Gasteiger partial charge in [0.05, 0.1) is 6.10 Å². The first-order valence-corrected chi connectivity index (χ1v) is 6.75. The Morgan fingerprint density at radius 2 is 2.21 bits per heavy atom. The van der Waals surface area contributed by atoms with E-state index in [9.17, 15) is 9.59 Å². The molecule has 6 nitrogen and oxygen atoms in total.